The number of carbonyl (C=O) groups is 1. The summed E-state index contributed by atoms with van der Waals surface area (Å²) in [7, 11) is 1.70. The van der Waals surface area contributed by atoms with Gasteiger partial charge in [-0.25, -0.2) is 0 Å². The van der Waals surface area contributed by atoms with Crippen molar-refractivity contribution >= 4 is 11.6 Å². The molecule has 2 atom stereocenters. The smallest absolute Gasteiger partial charge is 0.293 e. The third kappa shape index (κ3) is 3.57. The summed E-state index contributed by atoms with van der Waals surface area (Å²) in [5, 5.41) is 11.6. The summed E-state index contributed by atoms with van der Waals surface area (Å²) in [6, 6.07) is 17.7. The van der Waals surface area contributed by atoms with E-state index in [0.29, 0.717) is 17.7 Å². The molecule has 2 aliphatic rings. The van der Waals surface area contributed by atoms with Crippen LogP contribution in [0.25, 0.3) is 0 Å². The van der Waals surface area contributed by atoms with E-state index in [9.17, 15) is 4.79 Å². The molecule has 1 fully saturated rings. The molecule has 0 spiro atoms. The van der Waals surface area contributed by atoms with E-state index in [0.717, 1.165) is 49.9 Å². The van der Waals surface area contributed by atoms with Crippen LogP contribution in [0.3, 0.4) is 0 Å². The molecular formula is C23H25N5O2. The Hall–Kier alpha value is -3.19. The van der Waals surface area contributed by atoms with Crippen molar-refractivity contribution in [2.75, 3.05) is 25.5 Å². The molecule has 7 heteroatoms. The second-order valence-corrected chi connectivity index (χ2v) is 8.05. The number of aromatic nitrogens is 3. The van der Waals surface area contributed by atoms with Crippen molar-refractivity contribution in [2.24, 2.45) is 5.92 Å². The Morgan fingerprint density at radius 3 is 2.83 bits per heavy atom. The normalized spacial score (nSPS) is 20.4. The van der Waals surface area contributed by atoms with Crippen molar-refractivity contribution in [3.05, 3.63) is 71.8 Å². The number of hydrogen-bond acceptors (Lipinski definition) is 5. The van der Waals surface area contributed by atoms with Crippen molar-refractivity contribution < 1.29 is 9.53 Å². The first-order chi connectivity index (χ1) is 14.7. The summed E-state index contributed by atoms with van der Waals surface area (Å²) in [6.45, 7) is 3.65. The fraction of sp³-hybridized carbons (Fsp3) is 0.348. The predicted molar refractivity (Wildman–Crippen MR) is 114 cm³/mol. The highest BCUT2D eigenvalue weighted by atomic mass is 16.5. The highest BCUT2D eigenvalue weighted by Crippen LogP contribution is 2.38. The Balaban J connectivity index is 1.31. The number of para-hydroxylation sites is 1. The van der Waals surface area contributed by atoms with Gasteiger partial charge in [-0.3, -0.25) is 9.69 Å². The molecule has 30 heavy (non-hydrogen) atoms. The number of methoxy groups -OCH3 is 1. The van der Waals surface area contributed by atoms with Crippen LogP contribution in [0.1, 0.15) is 34.3 Å². The van der Waals surface area contributed by atoms with Crippen molar-refractivity contribution in [3.63, 3.8) is 0 Å². The SMILES string of the molecule is COc1cccc(CN2C[C@@H]3CCn4c(C(=O)Nc5ccccc5)nnc4[C@H]3C2)c1. The topological polar surface area (TPSA) is 72.3 Å². The zero-order chi connectivity index (χ0) is 20.5. The molecule has 7 nitrogen and oxygen atoms in total. The summed E-state index contributed by atoms with van der Waals surface area (Å²) in [4.78, 5) is 15.2. The molecule has 0 bridgehead atoms. The van der Waals surface area contributed by atoms with Crippen molar-refractivity contribution in [2.45, 2.75) is 25.4 Å². The Morgan fingerprint density at radius 2 is 2.00 bits per heavy atom. The number of nitrogens with zero attached hydrogens (tertiary/aromatic N) is 4. The number of likely N-dealkylation sites (tertiary alicyclic amines) is 1. The lowest BCUT2D eigenvalue weighted by Crippen LogP contribution is -2.27. The van der Waals surface area contributed by atoms with E-state index < -0.39 is 0 Å². The van der Waals surface area contributed by atoms with Gasteiger partial charge in [-0.1, -0.05) is 30.3 Å². The molecule has 5 rings (SSSR count). The number of benzene rings is 2. The van der Waals surface area contributed by atoms with Crippen LogP contribution in [-0.2, 0) is 13.1 Å². The fourth-order valence-corrected chi connectivity index (χ4v) is 4.68. The number of anilines is 1. The largest absolute Gasteiger partial charge is 0.497 e. The van der Waals surface area contributed by atoms with Crippen LogP contribution in [0, 0.1) is 5.92 Å². The van der Waals surface area contributed by atoms with Gasteiger partial charge in [-0.15, -0.1) is 10.2 Å². The second-order valence-electron chi connectivity index (χ2n) is 8.05. The van der Waals surface area contributed by atoms with Gasteiger partial charge in [-0.2, -0.15) is 0 Å². The predicted octanol–water partition coefficient (Wildman–Crippen LogP) is 3.16. The van der Waals surface area contributed by atoms with Crippen LogP contribution in [0.4, 0.5) is 5.69 Å². The highest BCUT2D eigenvalue weighted by molar-refractivity contribution is 6.01. The van der Waals surface area contributed by atoms with Crippen LogP contribution in [0.2, 0.25) is 0 Å². The summed E-state index contributed by atoms with van der Waals surface area (Å²) >= 11 is 0. The lowest BCUT2D eigenvalue weighted by Gasteiger charge is -2.25. The quantitative estimate of drug-likeness (QED) is 0.709. The molecule has 0 saturated carbocycles. The van der Waals surface area contributed by atoms with E-state index >= 15 is 0 Å². The summed E-state index contributed by atoms with van der Waals surface area (Å²) < 4.78 is 7.36. The molecule has 0 radical (unpaired) electrons. The minimum Gasteiger partial charge on any atom is -0.497 e. The number of amides is 1. The molecule has 2 aromatic carbocycles. The molecule has 0 unspecified atom stereocenters. The maximum absolute atomic E-state index is 12.7. The van der Waals surface area contributed by atoms with Gasteiger partial charge in [0.2, 0.25) is 5.82 Å². The monoisotopic (exact) mass is 403 g/mol. The minimum absolute atomic E-state index is 0.204. The molecule has 3 heterocycles. The van der Waals surface area contributed by atoms with Gasteiger partial charge in [0.15, 0.2) is 0 Å². The number of fused-ring (bicyclic) bond motifs is 3. The summed E-state index contributed by atoms with van der Waals surface area (Å²) in [5.41, 5.74) is 2.01. The number of nitrogens with one attached hydrogen (secondary N) is 1. The van der Waals surface area contributed by atoms with Crippen LogP contribution >= 0.6 is 0 Å². The zero-order valence-electron chi connectivity index (χ0n) is 17.0. The Morgan fingerprint density at radius 1 is 1.13 bits per heavy atom. The van der Waals surface area contributed by atoms with E-state index in [2.05, 4.69) is 32.5 Å². The zero-order valence-corrected chi connectivity index (χ0v) is 17.0. The van der Waals surface area contributed by atoms with Gasteiger partial charge < -0.3 is 14.6 Å². The van der Waals surface area contributed by atoms with Crippen molar-refractivity contribution in [1.29, 1.82) is 0 Å². The summed E-state index contributed by atoms with van der Waals surface area (Å²) in [6.07, 6.45) is 1.04. The lowest BCUT2D eigenvalue weighted by atomic mass is 9.89. The molecule has 2 aliphatic heterocycles. The van der Waals surface area contributed by atoms with E-state index in [4.69, 9.17) is 4.74 Å². The average molecular weight is 403 g/mol. The van der Waals surface area contributed by atoms with Crippen LogP contribution in [0.5, 0.6) is 5.75 Å². The van der Waals surface area contributed by atoms with Gasteiger partial charge in [0, 0.05) is 37.8 Å². The standard InChI is InChI=1S/C23H25N5O2/c1-30-19-9-5-6-16(12-19)13-27-14-17-10-11-28-21(20(17)15-27)25-26-22(28)23(29)24-18-7-3-2-4-8-18/h2-9,12,17,20H,10-11,13-15H2,1H3,(H,24,29)/t17-,20-/m0/s1. The fourth-order valence-electron chi connectivity index (χ4n) is 4.68. The molecular weight excluding hydrogens is 378 g/mol. The Bertz CT molecular complexity index is 1050. The van der Waals surface area contributed by atoms with E-state index in [1.807, 2.05) is 47.0 Å². The first-order valence-electron chi connectivity index (χ1n) is 10.4. The second kappa shape index (κ2) is 7.91. The van der Waals surface area contributed by atoms with Crippen molar-refractivity contribution in [3.8, 4) is 5.75 Å². The molecule has 0 aliphatic carbocycles. The van der Waals surface area contributed by atoms with E-state index in [1.165, 1.54) is 5.56 Å². The minimum atomic E-state index is -0.204. The van der Waals surface area contributed by atoms with Crippen LogP contribution in [-0.4, -0.2) is 45.8 Å². The van der Waals surface area contributed by atoms with E-state index in [1.54, 1.807) is 7.11 Å². The number of ether oxygens (including phenoxy) is 1. The first-order valence-corrected chi connectivity index (χ1v) is 10.4. The number of rotatable bonds is 5. The van der Waals surface area contributed by atoms with Crippen LogP contribution < -0.4 is 10.1 Å². The highest BCUT2D eigenvalue weighted by Gasteiger charge is 2.40. The van der Waals surface area contributed by atoms with E-state index in [-0.39, 0.29) is 5.91 Å². The average Bonchev–Trinajstić information content (AvgIpc) is 3.38. The molecule has 1 saturated heterocycles. The maximum Gasteiger partial charge on any atom is 0.293 e. The molecule has 1 N–H and O–H groups in total. The third-order valence-corrected chi connectivity index (χ3v) is 6.13. The molecule has 154 valence electrons. The summed E-state index contributed by atoms with van der Waals surface area (Å²) in [5.74, 6) is 2.89. The lowest BCUT2D eigenvalue weighted by molar-refractivity contribution is 0.101. The van der Waals surface area contributed by atoms with Gasteiger partial charge in [-0.05, 0) is 42.2 Å². The van der Waals surface area contributed by atoms with Crippen LogP contribution in [0.15, 0.2) is 54.6 Å². The van der Waals surface area contributed by atoms with Gasteiger partial charge >= 0.3 is 0 Å². The van der Waals surface area contributed by atoms with Gasteiger partial charge in [0.1, 0.15) is 11.6 Å². The first kappa shape index (κ1) is 18.8. The van der Waals surface area contributed by atoms with Gasteiger partial charge in [0.25, 0.3) is 5.91 Å². The molecule has 1 aromatic heterocycles. The van der Waals surface area contributed by atoms with Gasteiger partial charge in [0.05, 0.1) is 7.11 Å². The number of carbonyl (C=O) groups excluding carboxylic acids is 1. The van der Waals surface area contributed by atoms with Crippen molar-refractivity contribution in [1.82, 2.24) is 19.7 Å². The maximum atomic E-state index is 12.7. The number of hydrogen-bond donors (Lipinski definition) is 1. The molecule has 1 amide bonds. The molecule has 3 aromatic rings. The Labute approximate surface area is 175 Å². The Kier molecular flexibility index (Phi) is 4.96. The third-order valence-electron chi connectivity index (χ3n) is 6.13.